The molecule has 0 aromatic carbocycles. The molecule has 2 atom stereocenters. The third kappa shape index (κ3) is 3.51. The number of carbonyl (C=O) groups excluding carboxylic acids is 1. The Labute approximate surface area is 155 Å². The second kappa shape index (κ2) is 7.64. The van der Waals surface area contributed by atoms with Crippen LogP contribution in [0, 0.1) is 5.92 Å². The Hall–Kier alpha value is -1.47. The van der Waals surface area contributed by atoms with Crippen LogP contribution in [0.15, 0.2) is 0 Å². The van der Waals surface area contributed by atoms with E-state index in [4.69, 9.17) is 0 Å². The quantitative estimate of drug-likeness (QED) is 0.851. The van der Waals surface area contributed by atoms with Gasteiger partial charge in [-0.2, -0.15) is 0 Å². The number of amides is 1. The molecule has 1 aromatic rings. The number of piperidine rings is 2. The Balaban J connectivity index is 1.38. The van der Waals surface area contributed by atoms with E-state index in [0.29, 0.717) is 18.9 Å². The smallest absolute Gasteiger partial charge is 0.229 e. The highest BCUT2D eigenvalue weighted by molar-refractivity contribution is 5.80. The highest BCUT2D eigenvalue weighted by Crippen LogP contribution is 2.30. The van der Waals surface area contributed by atoms with Gasteiger partial charge in [-0.25, -0.2) is 0 Å². The predicted octanol–water partition coefficient (Wildman–Crippen LogP) is 1.02. The van der Waals surface area contributed by atoms with E-state index in [0.717, 1.165) is 57.1 Å². The number of hydrogen-bond donors (Lipinski definition) is 1. The summed E-state index contributed by atoms with van der Waals surface area (Å²) in [5.74, 6) is 2.53. The molecule has 7 heteroatoms. The van der Waals surface area contributed by atoms with Crippen LogP contribution in [0.25, 0.3) is 0 Å². The number of carbonyl (C=O) groups is 1. The maximum Gasteiger partial charge on any atom is 0.229 e. The van der Waals surface area contributed by atoms with Crippen LogP contribution in [-0.2, 0) is 17.8 Å². The van der Waals surface area contributed by atoms with Gasteiger partial charge < -0.3 is 19.5 Å². The summed E-state index contributed by atoms with van der Waals surface area (Å²) in [5, 5.41) is 19.2. The molecular formula is C19H31N5O2. The maximum atomic E-state index is 12.9. The van der Waals surface area contributed by atoms with Crippen molar-refractivity contribution in [2.75, 3.05) is 33.2 Å². The zero-order valence-electron chi connectivity index (χ0n) is 15.8. The second-order valence-electron chi connectivity index (χ2n) is 8.26. The summed E-state index contributed by atoms with van der Waals surface area (Å²) < 4.78 is 2.34. The van der Waals surface area contributed by atoms with Crippen LogP contribution in [-0.4, -0.2) is 74.9 Å². The normalized spacial score (nSPS) is 28.6. The van der Waals surface area contributed by atoms with Crippen LogP contribution >= 0.6 is 0 Å². The number of aliphatic hydroxyl groups is 1. The van der Waals surface area contributed by atoms with Gasteiger partial charge >= 0.3 is 0 Å². The van der Waals surface area contributed by atoms with Crippen molar-refractivity contribution in [3.8, 4) is 0 Å². The van der Waals surface area contributed by atoms with E-state index >= 15 is 0 Å². The molecule has 1 aromatic heterocycles. The van der Waals surface area contributed by atoms with Crippen molar-refractivity contribution in [1.82, 2.24) is 24.6 Å². The molecule has 1 amide bonds. The Morgan fingerprint density at radius 3 is 2.65 bits per heavy atom. The molecule has 2 fully saturated rings. The number of fused-ring (bicyclic) bond motifs is 1. The first kappa shape index (κ1) is 17.9. The van der Waals surface area contributed by atoms with Gasteiger partial charge in [0.15, 0.2) is 0 Å². The average molecular weight is 361 g/mol. The van der Waals surface area contributed by atoms with Crippen molar-refractivity contribution < 1.29 is 9.90 Å². The molecule has 0 radical (unpaired) electrons. The van der Waals surface area contributed by atoms with E-state index in [-0.39, 0.29) is 11.8 Å². The number of hydrogen-bond acceptors (Lipinski definition) is 5. The molecule has 0 saturated carbocycles. The van der Waals surface area contributed by atoms with Gasteiger partial charge in [0.1, 0.15) is 11.6 Å². The molecule has 0 spiro atoms. The standard InChI is InChI=1S/C19H31N5O2/c1-22-10-8-16(25)15(13-22)19(26)23-11-6-14(7-12-23)18-21-20-17-5-3-2-4-9-24(17)18/h14-16,25H,2-13H2,1H3/t15-,16-/m1/s1. The number of aromatic nitrogens is 3. The highest BCUT2D eigenvalue weighted by atomic mass is 16.3. The number of nitrogens with zero attached hydrogens (tertiary/aromatic N) is 5. The lowest BCUT2D eigenvalue weighted by Crippen LogP contribution is -2.51. The molecule has 144 valence electrons. The summed E-state index contributed by atoms with van der Waals surface area (Å²) in [6, 6.07) is 0. The van der Waals surface area contributed by atoms with Crippen LogP contribution in [0.2, 0.25) is 0 Å². The van der Waals surface area contributed by atoms with Crippen LogP contribution in [0.3, 0.4) is 0 Å². The molecule has 2 saturated heterocycles. The first-order chi connectivity index (χ1) is 12.6. The van der Waals surface area contributed by atoms with Crippen LogP contribution in [0.1, 0.15) is 56.1 Å². The lowest BCUT2D eigenvalue weighted by atomic mass is 9.91. The van der Waals surface area contributed by atoms with Crippen molar-refractivity contribution >= 4 is 5.91 Å². The summed E-state index contributed by atoms with van der Waals surface area (Å²) in [4.78, 5) is 17.0. The third-order valence-electron chi connectivity index (χ3n) is 6.41. The summed E-state index contributed by atoms with van der Waals surface area (Å²) in [5.41, 5.74) is 0. The van der Waals surface area contributed by atoms with Crippen molar-refractivity contribution in [2.45, 2.75) is 63.5 Å². The van der Waals surface area contributed by atoms with Crippen LogP contribution < -0.4 is 0 Å². The Bertz CT molecular complexity index is 638. The number of likely N-dealkylation sites (tertiary alicyclic amines) is 2. The molecule has 4 rings (SSSR count). The lowest BCUT2D eigenvalue weighted by molar-refractivity contribution is -0.143. The molecule has 26 heavy (non-hydrogen) atoms. The topological polar surface area (TPSA) is 74.5 Å². The minimum atomic E-state index is -0.497. The zero-order valence-corrected chi connectivity index (χ0v) is 15.8. The van der Waals surface area contributed by atoms with Crippen molar-refractivity contribution in [1.29, 1.82) is 0 Å². The molecule has 1 N–H and O–H groups in total. The van der Waals surface area contributed by atoms with Gasteiger partial charge in [0.05, 0.1) is 12.0 Å². The number of aliphatic hydroxyl groups excluding tert-OH is 1. The van der Waals surface area contributed by atoms with E-state index in [1.165, 1.54) is 19.3 Å². The van der Waals surface area contributed by atoms with E-state index in [9.17, 15) is 9.90 Å². The third-order valence-corrected chi connectivity index (χ3v) is 6.41. The van der Waals surface area contributed by atoms with Crippen molar-refractivity contribution in [2.24, 2.45) is 5.92 Å². The average Bonchev–Trinajstić information content (AvgIpc) is 2.91. The monoisotopic (exact) mass is 361 g/mol. The lowest BCUT2D eigenvalue weighted by Gasteiger charge is -2.38. The molecular weight excluding hydrogens is 330 g/mol. The summed E-state index contributed by atoms with van der Waals surface area (Å²) in [7, 11) is 2.02. The number of rotatable bonds is 2. The van der Waals surface area contributed by atoms with Gasteiger partial charge in [0.25, 0.3) is 0 Å². The SMILES string of the molecule is CN1CC[C@@H](O)[C@H](C(=O)N2CCC(c3nnc4n3CCCCC4)CC2)C1. The van der Waals surface area contributed by atoms with Gasteiger partial charge in [-0.1, -0.05) is 6.42 Å². The van der Waals surface area contributed by atoms with Gasteiger partial charge in [-0.15, -0.1) is 10.2 Å². The van der Waals surface area contributed by atoms with E-state index in [2.05, 4.69) is 19.7 Å². The zero-order chi connectivity index (χ0) is 18.1. The Kier molecular flexibility index (Phi) is 5.27. The summed E-state index contributed by atoms with van der Waals surface area (Å²) in [6.45, 7) is 4.09. The Morgan fingerprint density at radius 2 is 1.85 bits per heavy atom. The first-order valence-corrected chi connectivity index (χ1v) is 10.2. The van der Waals surface area contributed by atoms with Crippen LogP contribution in [0.4, 0.5) is 0 Å². The molecule has 4 heterocycles. The molecule has 0 bridgehead atoms. The van der Waals surface area contributed by atoms with Crippen LogP contribution in [0.5, 0.6) is 0 Å². The van der Waals surface area contributed by atoms with E-state index in [1.54, 1.807) is 0 Å². The van der Waals surface area contributed by atoms with Crippen molar-refractivity contribution in [3.05, 3.63) is 11.6 Å². The highest BCUT2D eigenvalue weighted by Gasteiger charge is 2.36. The Morgan fingerprint density at radius 1 is 1.04 bits per heavy atom. The summed E-state index contributed by atoms with van der Waals surface area (Å²) >= 11 is 0. The molecule has 7 nitrogen and oxygen atoms in total. The second-order valence-corrected chi connectivity index (χ2v) is 8.26. The largest absolute Gasteiger partial charge is 0.392 e. The van der Waals surface area contributed by atoms with Gasteiger partial charge in [-0.3, -0.25) is 4.79 Å². The van der Waals surface area contributed by atoms with Gasteiger partial charge in [0, 0.05) is 45.1 Å². The van der Waals surface area contributed by atoms with Gasteiger partial charge in [0.2, 0.25) is 5.91 Å². The summed E-state index contributed by atoms with van der Waals surface area (Å²) in [6.07, 6.45) is 6.82. The van der Waals surface area contributed by atoms with E-state index < -0.39 is 6.10 Å². The number of aryl methyl sites for hydroxylation is 1. The fraction of sp³-hybridized carbons (Fsp3) is 0.842. The minimum absolute atomic E-state index is 0.127. The predicted molar refractivity (Wildman–Crippen MR) is 97.7 cm³/mol. The molecule has 3 aliphatic heterocycles. The fourth-order valence-corrected chi connectivity index (χ4v) is 4.75. The minimum Gasteiger partial charge on any atom is -0.392 e. The first-order valence-electron chi connectivity index (χ1n) is 10.2. The molecule has 0 unspecified atom stereocenters. The van der Waals surface area contributed by atoms with E-state index in [1.807, 2.05) is 11.9 Å². The molecule has 0 aliphatic carbocycles. The van der Waals surface area contributed by atoms with Crippen molar-refractivity contribution in [3.63, 3.8) is 0 Å². The molecule has 3 aliphatic rings. The fourth-order valence-electron chi connectivity index (χ4n) is 4.75. The van der Waals surface area contributed by atoms with Gasteiger partial charge in [-0.05, 0) is 39.2 Å². The maximum absolute atomic E-state index is 12.9.